The van der Waals surface area contributed by atoms with Gasteiger partial charge in [0.1, 0.15) is 5.75 Å². The summed E-state index contributed by atoms with van der Waals surface area (Å²) in [5.74, 6) is 0.470. The number of phenols is 1. The minimum absolute atomic E-state index is 0.101. The number of phenolic OH excluding ortho intramolecular Hbond substituents is 1. The smallest absolute Gasteiger partial charge is 0.119 e. The molecule has 2 aromatic rings. The molecule has 2 aliphatic heterocycles. The van der Waals surface area contributed by atoms with Crippen molar-refractivity contribution in [2.75, 3.05) is 13.1 Å². The van der Waals surface area contributed by atoms with Gasteiger partial charge in [-0.2, -0.15) is 0 Å². The van der Waals surface area contributed by atoms with E-state index in [0.29, 0.717) is 17.9 Å². The van der Waals surface area contributed by atoms with Crippen LogP contribution in [0.3, 0.4) is 0 Å². The van der Waals surface area contributed by atoms with Crippen LogP contribution in [0.2, 0.25) is 0 Å². The molecule has 3 aliphatic rings. The van der Waals surface area contributed by atoms with Crippen molar-refractivity contribution >= 4 is 0 Å². The van der Waals surface area contributed by atoms with Crippen molar-refractivity contribution in [3.8, 4) is 5.75 Å². The number of nitrogens with zero attached hydrogens (tertiary/aromatic N) is 1. The fraction of sp³-hybridized carbons (Fsp3) is 0.625. The lowest BCUT2D eigenvalue weighted by atomic mass is 9.51. The monoisotopic (exact) mass is 481 g/mol. The van der Waals surface area contributed by atoms with Gasteiger partial charge in [0.25, 0.3) is 0 Å². The maximum absolute atomic E-state index is 10.6. The molecule has 3 heteroatoms. The van der Waals surface area contributed by atoms with Crippen LogP contribution >= 0.6 is 0 Å². The van der Waals surface area contributed by atoms with Crippen molar-refractivity contribution in [3.05, 3.63) is 65.2 Å². The number of aromatic hydroxyl groups is 1. The van der Waals surface area contributed by atoms with Crippen LogP contribution in [-0.2, 0) is 16.6 Å². The molecule has 196 valence electrons. The Morgan fingerprint density at radius 2 is 1.54 bits per heavy atom. The lowest BCUT2D eigenvalue weighted by Gasteiger charge is -2.61. The van der Waals surface area contributed by atoms with Gasteiger partial charge in [-0.05, 0) is 60.4 Å². The lowest BCUT2D eigenvalue weighted by molar-refractivity contribution is -0.0647. The summed E-state index contributed by atoms with van der Waals surface area (Å²) >= 11 is 0. The number of hydrogen-bond donors (Lipinski definition) is 1. The van der Waals surface area contributed by atoms with Gasteiger partial charge in [-0.3, -0.25) is 4.90 Å². The third-order valence-corrected chi connectivity index (χ3v) is 8.46. The van der Waals surface area contributed by atoms with Crippen LogP contribution in [0.1, 0.15) is 104 Å². The second-order valence-electron chi connectivity index (χ2n) is 10.1. The van der Waals surface area contributed by atoms with E-state index in [2.05, 4.69) is 62.1 Å². The second-order valence-corrected chi connectivity index (χ2v) is 10.1. The number of benzene rings is 2. The molecule has 2 bridgehead atoms. The molecule has 2 heterocycles. The molecule has 1 N–H and O–H groups in total. The van der Waals surface area contributed by atoms with Crippen molar-refractivity contribution in [1.29, 1.82) is 0 Å². The highest BCUT2D eigenvalue weighted by Gasteiger charge is 2.56. The number of hydrogen-bond acceptors (Lipinski definition) is 3. The zero-order valence-corrected chi connectivity index (χ0v) is 23.9. The maximum Gasteiger partial charge on any atom is 0.119 e. The minimum atomic E-state index is 0.101. The van der Waals surface area contributed by atoms with Gasteiger partial charge in [0.2, 0.25) is 0 Å². The van der Waals surface area contributed by atoms with E-state index in [0.717, 1.165) is 38.8 Å². The summed E-state index contributed by atoms with van der Waals surface area (Å²) in [7, 11) is 0. The van der Waals surface area contributed by atoms with E-state index in [1.807, 2.05) is 53.7 Å². The van der Waals surface area contributed by atoms with Crippen LogP contribution < -0.4 is 0 Å². The first-order valence-corrected chi connectivity index (χ1v) is 14.2. The highest BCUT2D eigenvalue weighted by atomic mass is 16.5. The molecule has 0 aromatic heterocycles. The van der Waals surface area contributed by atoms with Gasteiger partial charge in [-0.15, -0.1) is 0 Å². The zero-order valence-electron chi connectivity index (χ0n) is 23.9. The van der Waals surface area contributed by atoms with Crippen LogP contribution in [0.25, 0.3) is 0 Å². The minimum Gasteiger partial charge on any atom is -0.508 e. The lowest BCUT2D eigenvalue weighted by Crippen LogP contribution is -2.64. The largest absolute Gasteiger partial charge is 0.508 e. The topological polar surface area (TPSA) is 32.7 Å². The first kappa shape index (κ1) is 29.4. The Kier molecular flexibility index (Phi) is 10.9. The maximum atomic E-state index is 10.6. The third kappa shape index (κ3) is 5.62. The summed E-state index contributed by atoms with van der Waals surface area (Å²) in [5, 5.41) is 10.6. The van der Waals surface area contributed by atoms with Crippen LogP contribution in [0.5, 0.6) is 5.75 Å². The average molecular weight is 482 g/mol. The molecule has 35 heavy (non-hydrogen) atoms. The van der Waals surface area contributed by atoms with Gasteiger partial charge in [-0.25, -0.2) is 0 Å². The van der Waals surface area contributed by atoms with Crippen molar-refractivity contribution in [2.24, 2.45) is 5.41 Å². The molecule has 3 nitrogen and oxygen atoms in total. The molecular weight excluding hydrogens is 430 g/mol. The van der Waals surface area contributed by atoms with Crippen LogP contribution in [0.4, 0.5) is 0 Å². The van der Waals surface area contributed by atoms with Gasteiger partial charge in [-0.1, -0.05) is 105 Å². The molecule has 4 unspecified atom stereocenters. The number of likely N-dealkylation sites (tertiary alicyclic amines) is 1. The molecule has 0 saturated carbocycles. The fourth-order valence-corrected chi connectivity index (χ4v) is 6.27. The Morgan fingerprint density at radius 3 is 2.20 bits per heavy atom. The molecule has 2 aromatic carbocycles. The summed E-state index contributed by atoms with van der Waals surface area (Å²) < 4.78 is 6.48. The van der Waals surface area contributed by atoms with Gasteiger partial charge in [0.15, 0.2) is 0 Å². The Bertz CT molecular complexity index is 894. The fourth-order valence-electron chi connectivity index (χ4n) is 6.27. The predicted octanol–water partition coefficient (Wildman–Crippen LogP) is 8.31. The van der Waals surface area contributed by atoms with Gasteiger partial charge >= 0.3 is 0 Å². The van der Waals surface area contributed by atoms with E-state index in [1.165, 1.54) is 16.7 Å². The summed E-state index contributed by atoms with van der Waals surface area (Å²) in [4.78, 5) is 2.66. The standard InChI is InChI=1S/C26H33NO2.3C2H6/c1-25(2)24-16-20-21(10-7-11-22(20)28)26(25,3)14-15-27(24)17-19-12-13-23(29-19)18-8-5-4-6-9-18;3*1-2/h4-11,19,23-24,28H,12-17H2,1-3H3;3*1-2H3. The summed E-state index contributed by atoms with van der Waals surface area (Å²) in [6.07, 6.45) is 4.83. The van der Waals surface area contributed by atoms with E-state index >= 15 is 0 Å². The Labute approximate surface area is 215 Å². The zero-order chi connectivity index (χ0) is 26.2. The second kappa shape index (κ2) is 12.9. The van der Waals surface area contributed by atoms with Gasteiger partial charge in [0.05, 0.1) is 12.2 Å². The normalized spacial score (nSPS) is 28.2. The summed E-state index contributed by atoms with van der Waals surface area (Å²) in [5.41, 5.74) is 4.09. The number of piperidine rings is 1. The molecule has 0 radical (unpaired) electrons. The summed E-state index contributed by atoms with van der Waals surface area (Å²) in [6, 6.07) is 17.2. The quantitative estimate of drug-likeness (QED) is 0.478. The third-order valence-electron chi connectivity index (χ3n) is 8.46. The molecule has 2 saturated heterocycles. The Balaban J connectivity index is 0.000000671. The van der Waals surface area contributed by atoms with Crippen molar-refractivity contribution in [3.63, 3.8) is 0 Å². The van der Waals surface area contributed by atoms with Crippen molar-refractivity contribution in [1.82, 2.24) is 4.90 Å². The van der Waals surface area contributed by atoms with E-state index in [1.54, 1.807) is 0 Å². The number of fused-ring (bicyclic) bond motifs is 4. The van der Waals surface area contributed by atoms with E-state index in [-0.39, 0.29) is 16.9 Å². The SMILES string of the molecule is CC.CC.CC.CC12CCN(CC3CCC(c4ccccc4)O3)C(Cc3c(O)cccc31)C2(C)C. The average Bonchev–Trinajstić information content (AvgIpc) is 3.36. The molecule has 1 aliphatic carbocycles. The molecular formula is C32H51NO2. The highest BCUT2D eigenvalue weighted by Crippen LogP contribution is 2.57. The predicted molar refractivity (Wildman–Crippen MR) is 150 cm³/mol. The summed E-state index contributed by atoms with van der Waals surface area (Å²) in [6.45, 7) is 21.4. The number of rotatable bonds is 3. The van der Waals surface area contributed by atoms with Gasteiger partial charge < -0.3 is 9.84 Å². The Morgan fingerprint density at radius 1 is 0.886 bits per heavy atom. The Hall–Kier alpha value is -1.84. The van der Waals surface area contributed by atoms with E-state index in [4.69, 9.17) is 4.74 Å². The van der Waals surface area contributed by atoms with Crippen molar-refractivity contribution in [2.45, 2.75) is 112 Å². The van der Waals surface area contributed by atoms with Crippen molar-refractivity contribution < 1.29 is 9.84 Å². The molecule has 4 atom stereocenters. The first-order chi connectivity index (χ1) is 16.9. The van der Waals surface area contributed by atoms with Crippen LogP contribution in [0.15, 0.2) is 48.5 Å². The number of ether oxygens (including phenoxy) is 1. The molecule has 5 rings (SSSR count). The molecule has 0 spiro atoms. The van der Waals surface area contributed by atoms with Gasteiger partial charge in [0, 0.05) is 18.0 Å². The van der Waals surface area contributed by atoms with Crippen LogP contribution in [-0.4, -0.2) is 35.2 Å². The highest BCUT2D eigenvalue weighted by molar-refractivity contribution is 5.48. The molecule has 2 fully saturated rings. The molecule has 0 amide bonds. The van der Waals surface area contributed by atoms with E-state index in [9.17, 15) is 5.11 Å². The first-order valence-electron chi connectivity index (χ1n) is 14.2. The van der Waals surface area contributed by atoms with Crippen LogP contribution in [0, 0.1) is 5.41 Å². The van der Waals surface area contributed by atoms with E-state index < -0.39 is 0 Å².